The number of amides is 1. The van der Waals surface area contributed by atoms with Crippen molar-refractivity contribution in [2.45, 2.75) is 6.92 Å². The highest BCUT2D eigenvalue weighted by Crippen LogP contribution is 2.34. The summed E-state index contributed by atoms with van der Waals surface area (Å²) in [4.78, 5) is 61.0. The first-order valence-corrected chi connectivity index (χ1v) is 10.3. The van der Waals surface area contributed by atoms with Gasteiger partial charge in [-0.25, -0.2) is 4.79 Å². The molecule has 0 atom stereocenters. The molecule has 9 nitrogen and oxygen atoms in total. The molecule has 4 rings (SSSR count). The van der Waals surface area contributed by atoms with Crippen LogP contribution in [0.5, 0.6) is 0 Å². The lowest BCUT2D eigenvalue weighted by molar-refractivity contribution is -0.385. The maximum absolute atomic E-state index is 12.9. The number of nitro groups is 1. The average molecular weight is 479 g/mol. The number of carbonyl (C=O) groups excluding carboxylic acids is 4. The highest BCUT2D eigenvalue weighted by Gasteiger charge is 2.33. The number of nitrogens with one attached hydrogen (secondary N) is 1. The van der Waals surface area contributed by atoms with Crippen LogP contribution in [0.15, 0.2) is 54.6 Å². The number of fused-ring (bicyclic) bond motifs is 2. The van der Waals surface area contributed by atoms with Crippen LogP contribution < -0.4 is 5.32 Å². The van der Waals surface area contributed by atoms with E-state index in [1.54, 1.807) is 12.1 Å². The lowest BCUT2D eigenvalue weighted by Gasteiger charge is -2.19. The molecule has 0 unspecified atom stereocenters. The average Bonchev–Trinajstić information content (AvgIpc) is 2.82. The van der Waals surface area contributed by atoms with Crippen molar-refractivity contribution in [1.29, 1.82) is 0 Å². The van der Waals surface area contributed by atoms with Crippen molar-refractivity contribution in [3.63, 3.8) is 0 Å². The molecule has 1 aliphatic carbocycles. The monoisotopic (exact) mass is 478 g/mol. The molecule has 0 bridgehead atoms. The fraction of sp³-hybridized carbons (Fsp3) is 0.0833. The van der Waals surface area contributed by atoms with Gasteiger partial charge < -0.3 is 10.1 Å². The van der Waals surface area contributed by atoms with E-state index in [4.69, 9.17) is 16.3 Å². The van der Waals surface area contributed by atoms with Gasteiger partial charge in [0.1, 0.15) is 0 Å². The second kappa shape index (κ2) is 8.87. The Morgan fingerprint density at radius 3 is 2.32 bits per heavy atom. The van der Waals surface area contributed by atoms with Gasteiger partial charge in [-0.15, -0.1) is 0 Å². The zero-order valence-electron chi connectivity index (χ0n) is 17.6. The van der Waals surface area contributed by atoms with Gasteiger partial charge in [0, 0.05) is 22.8 Å². The molecule has 0 saturated carbocycles. The van der Waals surface area contributed by atoms with E-state index < -0.39 is 35.0 Å². The Morgan fingerprint density at radius 2 is 1.65 bits per heavy atom. The van der Waals surface area contributed by atoms with Gasteiger partial charge in [-0.3, -0.25) is 24.5 Å². The van der Waals surface area contributed by atoms with Crippen LogP contribution in [0.1, 0.15) is 47.8 Å². The topological polar surface area (TPSA) is 133 Å². The second-order valence-corrected chi connectivity index (χ2v) is 7.76. The summed E-state index contributed by atoms with van der Waals surface area (Å²) in [7, 11) is 0. The normalized spacial score (nSPS) is 11.9. The van der Waals surface area contributed by atoms with E-state index in [1.807, 2.05) is 0 Å². The zero-order chi connectivity index (χ0) is 24.6. The van der Waals surface area contributed by atoms with Gasteiger partial charge in [0.2, 0.25) is 0 Å². The molecule has 1 amide bonds. The molecule has 3 aromatic carbocycles. The Hall–Kier alpha value is -4.37. The third kappa shape index (κ3) is 3.93. The Kier molecular flexibility index (Phi) is 5.95. The van der Waals surface area contributed by atoms with Crippen LogP contribution >= 0.6 is 11.6 Å². The summed E-state index contributed by atoms with van der Waals surface area (Å²) in [5.41, 5.74) is 0.495. The predicted molar refractivity (Wildman–Crippen MR) is 122 cm³/mol. The van der Waals surface area contributed by atoms with E-state index in [-0.39, 0.29) is 49.8 Å². The number of esters is 1. The minimum Gasteiger partial charge on any atom is -0.452 e. The molecule has 0 saturated heterocycles. The number of halogens is 1. The standard InChI is InChI=1S/C24H15ClN2O7/c1-12-17(7-4-8-18(12)27(32)33)26-19(28)11-34-24(31)16-10-9-15-20(21(16)25)23(30)14-6-3-2-5-13(14)22(15)29/h2-10H,11H2,1H3,(H,26,28). The van der Waals surface area contributed by atoms with E-state index in [0.29, 0.717) is 0 Å². The second-order valence-electron chi connectivity index (χ2n) is 7.38. The molecular formula is C24H15ClN2O7. The van der Waals surface area contributed by atoms with Gasteiger partial charge in [0.25, 0.3) is 11.6 Å². The first-order chi connectivity index (χ1) is 16.2. The van der Waals surface area contributed by atoms with Crippen molar-refractivity contribution in [2.75, 3.05) is 11.9 Å². The molecule has 10 heteroatoms. The quantitative estimate of drug-likeness (QED) is 0.259. The van der Waals surface area contributed by atoms with E-state index in [1.165, 1.54) is 49.4 Å². The largest absolute Gasteiger partial charge is 0.452 e. The summed E-state index contributed by atoms with van der Waals surface area (Å²) in [6, 6.07) is 13.1. The molecular weight excluding hydrogens is 464 g/mol. The van der Waals surface area contributed by atoms with Gasteiger partial charge in [0.05, 0.1) is 32.3 Å². The maximum atomic E-state index is 12.9. The molecule has 34 heavy (non-hydrogen) atoms. The molecule has 170 valence electrons. The zero-order valence-corrected chi connectivity index (χ0v) is 18.3. The number of anilines is 1. The van der Waals surface area contributed by atoms with Crippen LogP contribution in [0.4, 0.5) is 11.4 Å². The van der Waals surface area contributed by atoms with Gasteiger partial charge in [-0.05, 0) is 25.1 Å². The molecule has 0 heterocycles. The number of ether oxygens (including phenoxy) is 1. The molecule has 0 aromatic heterocycles. The van der Waals surface area contributed by atoms with Crippen LogP contribution in [-0.2, 0) is 9.53 Å². The van der Waals surface area contributed by atoms with Crippen molar-refractivity contribution in [2.24, 2.45) is 0 Å². The molecule has 1 aliphatic rings. The number of benzene rings is 3. The number of rotatable bonds is 5. The minimum atomic E-state index is -0.974. The summed E-state index contributed by atoms with van der Waals surface area (Å²) in [5.74, 6) is -2.59. The van der Waals surface area contributed by atoms with Crippen molar-refractivity contribution in [1.82, 2.24) is 0 Å². The maximum Gasteiger partial charge on any atom is 0.340 e. The molecule has 0 spiro atoms. The number of nitro benzene ring substituents is 1. The van der Waals surface area contributed by atoms with Crippen LogP contribution in [-0.4, -0.2) is 35.0 Å². The highest BCUT2D eigenvalue weighted by molar-refractivity contribution is 6.41. The van der Waals surface area contributed by atoms with E-state index in [2.05, 4.69) is 5.32 Å². The summed E-state index contributed by atoms with van der Waals surface area (Å²) in [5, 5.41) is 13.2. The van der Waals surface area contributed by atoms with E-state index >= 15 is 0 Å². The number of ketones is 2. The highest BCUT2D eigenvalue weighted by atomic mass is 35.5. The fourth-order valence-electron chi connectivity index (χ4n) is 3.66. The smallest absolute Gasteiger partial charge is 0.340 e. The third-order valence-electron chi connectivity index (χ3n) is 5.36. The van der Waals surface area contributed by atoms with Crippen LogP contribution in [0, 0.1) is 17.0 Å². The van der Waals surface area contributed by atoms with E-state index in [0.717, 1.165) is 0 Å². The van der Waals surface area contributed by atoms with Crippen LogP contribution in [0.25, 0.3) is 0 Å². The van der Waals surface area contributed by atoms with Gasteiger partial charge in [0.15, 0.2) is 18.2 Å². The lowest BCUT2D eigenvalue weighted by atomic mass is 9.83. The summed E-state index contributed by atoms with van der Waals surface area (Å²) in [6.45, 7) is 0.771. The number of nitrogens with zero attached hydrogens (tertiary/aromatic N) is 1. The van der Waals surface area contributed by atoms with Crippen molar-refractivity contribution >= 4 is 46.4 Å². The lowest BCUT2D eigenvalue weighted by Crippen LogP contribution is -2.24. The number of carbonyl (C=O) groups is 4. The van der Waals surface area contributed by atoms with Crippen LogP contribution in [0.3, 0.4) is 0 Å². The molecule has 3 aromatic rings. The fourth-order valence-corrected chi connectivity index (χ4v) is 3.98. The van der Waals surface area contributed by atoms with Crippen LogP contribution in [0.2, 0.25) is 5.02 Å². The summed E-state index contributed by atoms with van der Waals surface area (Å²) >= 11 is 6.32. The Morgan fingerprint density at radius 1 is 0.971 bits per heavy atom. The number of hydrogen-bond donors (Lipinski definition) is 1. The van der Waals surface area contributed by atoms with Gasteiger partial charge in [-0.1, -0.05) is 41.9 Å². The van der Waals surface area contributed by atoms with Crippen molar-refractivity contribution < 1.29 is 28.8 Å². The Bertz CT molecular complexity index is 1410. The SMILES string of the molecule is Cc1c(NC(=O)COC(=O)c2ccc3c(c2Cl)C(=O)c2ccccc2C3=O)cccc1[N+](=O)[O-]. The predicted octanol–water partition coefficient (Wildman–Crippen LogP) is 4.13. The van der Waals surface area contributed by atoms with Crippen molar-refractivity contribution in [3.05, 3.63) is 103 Å². The Balaban J connectivity index is 1.51. The summed E-state index contributed by atoms with van der Waals surface area (Å²) in [6.07, 6.45) is 0. The van der Waals surface area contributed by atoms with Gasteiger partial charge >= 0.3 is 5.97 Å². The number of hydrogen-bond acceptors (Lipinski definition) is 7. The first kappa shape index (κ1) is 22.8. The molecule has 0 radical (unpaired) electrons. The molecule has 0 aliphatic heterocycles. The first-order valence-electron chi connectivity index (χ1n) is 9.92. The Labute approximate surface area is 197 Å². The molecule has 1 N–H and O–H groups in total. The minimum absolute atomic E-state index is 0.0733. The molecule has 0 fully saturated rings. The third-order valence-corrected chi connectivity index (χ3v) is 5.75. The van der Waals surface area contributed by atoms with E-state index in [9.17, 15) is 29.3 Å². The van der Waals surface area contributed by atoms with Crippen molar-refractivity contribution in [3.8, 4) is 0 Å². The van der Waals surface area contributed by atoms with Gasteiger partial charge in [-0.2, -0.15) is 0 Å². The summed E-state index contributed by atoms with van der Waals surface area (Å²) < 4.78 is 5.02.